The van der Waals surface area contributed by atoms with Gasteiger partial charge in [-0.2, -0.15) is 4.31 Å². The Balaban J connectivity index is 0.00000288. The van der Waals surface area contributed by atoms with E-state index in [4.69, 9.17) is 9.84 Å². The Kier molecular flexibility index (Phi) is 8.11. The SMILES string of the molecule is CS(=O)(=O)N(CCN1CCOCC1)Cc1ccc(C(=O)O)cc1.Cl. The predicted molar refractivity (Wildman–Crippen MR) is 93.2 cm³/mol. The monoisotopic (exact) mass is 378 g/mol. The number of nitrogens with zero attached hydrogens (tertiary/aromatic N) is 2. The zero-order chi connectivity index (χ0) is 16.9. The van der Waals surface area contributed by atoms with E-state index in [1.165, 1.54) is 22.7 Å². The van der Waals surface area contributed by atoms with Crippen LogP contribution in [0, 0.1) is 0 Å². The van der Waals surface area contributed by atoms with Crippen molar-refractivity contribution in [2.24, 2.45) is 0 Å². The number of sulfonamides is 1. The normalized spacial score (nSPS) is 15.9. The average molecular weight is 379 g/mol. The molecule has 1 aromatic rings. The third kappa shape index (κ3) is 6.37. The number of morpholine rings is 1. The van der Waals surface area contributed by atoms with Gasteiger partial charge in [0.25, 0.3) is 0 Å². The van der Waals surface area contributed by atoms with Crippen molar-refractivity contribution in [1.82, 2.24) is 9.21 Å². The number of carbonyl (C=O) groups is 1. The lowest BCUT2D eigenvalue weighted by Gasteiger charge is -2.29. The molecule has 0 amide bonds. The first kappa shape index (κ1) is 20.9. The molecular weight excluding hydrogens is 356 g/mol. The average Bonchev–Trinajstić information content (AvgIpc) is 2.51. The van der Waals surface area contributed by atoms with Crippen molar-refractivity contribution in [3.63, 3.8) is 0 Å². The molecule has 1 aliphatic heterocycles. The Morgan fingerprint density at radius 3 is 2.33 bits per heavy atom. The van der Waals surface area contributed by atoms with Crippen LogP contribution in [0.25, 0.3) is 0 Å². The van der Waals surface area contributed by atoms with Crippen molar-refractivity contribution in [2.75, 3.05) is 45.6 Å². The van der Waals surface area contributed by atoms with Crippen LogP contribution in [0.15, 0.2) is 24.3 Å². The summed E-state index contributed by atoms with van der Waals surface area (Å²) < 4.78 is 30.6. The summed E-state index contributed by atoms with van der Waals surface area (Å²) in [7, 11) is -3.33. The summed E-state index contributed by atoms with van der Waals surface area (Å²) in [6.45, 7) is 4.27. The zero-order valence-electron chi connectivity index (χ0n) is 13.6. The highest BCUT2D eigenvalue weighted by Gasteiger charge is 2.19. The van der Waals surface area contributed by atoms with Gasteiger partial charge in [0.05, 0.1) is 25.0 Å². The second kappa shape index (κ2) is 9.33. The second-order valence-corrected chi connectivity index (χ2v) is 7.54. The minimum atomic E-state index is -3.33. The lowest BCUT2D eigenvalue weighted by Crippen LogP contribution is -2.42. The van der Waals surface area contributed by atoms with Crippen molar-refractivity contribution in [2.45, 2.75) is 6.54 Å². The summed E-state index contributed by atoms with van der Waals surface area (Å²) in [6, 6.07) is 6.27. The quantitative estimate of drug-likeness (QED) is 0.758. The number of aromatic carboxylic acids is 1. The topological polar surface area (TPSA) is 87.2 Å². The molecule has 0 unspecified atom stereocenters. The molecule has 1 fully saturated rings. The van der Waals surface area contributed by atoms with Crippen LogP contribution in [-0.2, 0) is 21.3 Å². The van der Waals surface area contributed by atoms with Crippen LogP contribution in [0.2, 0.25) is 0 Å². The number of benzene rings is 1. The first-order valence-electron chi connectivity index (χ1n) is 7.44. The molecule has 0 aromatic heterocycles. The van der Waals surface area contributed by atoms with Crippen LogP contribution in [-0.4, -0.2) is 74.3 Å². The molecule has 7 nitrogen and oxygen atoms in total. The molecule has 0 bridgehead atoms. The van der Waals surface area contributed by atoms with Gasteiger partial charge in [0.15, 0.2) is 0 Å². The highest BCUT2D eigenvalue weighted by Crippen LogP contribution is 2.11. The standard InChI is InChI=1S/C15H22N2O5S.ClH/c1-23(20,21)17(7-6-16-8-10-22-11-9-16)12-13-2-4-14(5-3-13)15(18)19;/h2-5H,6-12H2,1H3,(H,18,19);1H. The van der Waals surface area contributed by atoms with E-state index in [1.54, 1.807) is 12.1 Å². The number of rotatable bonds is 7. The van der Waals surface area contributed by atoms with Gasteiger partial charge in [-0.25, -0.2) is 13.2 Å². The second-order valence-electron chi connectivity index (χ2n) is 5.55. The first-order valence-corrected chi connectivity index (χ1v) is 9.28. The van der Waals surface area contributed by atoms with Gasteiger partial charge in [-0.1, -0.05) is 12.1 Å². The third-order valence-corrected chi connectivity index (χ3v) is 5.05. The number of carboxylic acid groups (broad SMARTS) is 1. The Morgan fingerprint density at radius 1 is 1.25 bits per heavy atom. The Labute approximate surface area is 148 Å². The molecule has 0 atom stereocenters. The van der Waals surface area contributed by atoms with Gasteiger partial charge >= 0.3 is 5.97 Å². The number of hydrogen-bond acceptors (Lipinski definition) is 5. The van der Waals surface area contributed by atoms with Crippen LogP contribution in [0.3, 0.4) is 0 Å². The maximum atomic E-state index is 12.0. The van der Waals surface area contributed by atoms with E-state index in [0.717, 1.165) is 18.7 Å². The number of halogens is 1. The highest BCUT2D eigenvalue weighted by molar-refractivity contribution is 7.88. The van der Waals surface area contributed by atoms with Crippen LogP contribution >= 0.6 is 12.4 Å². The maximum Gasteiger partial charge on any atom is 0.335 e. The molecule has 0 aliphatic carbocycles. The molecule has 1 aliphatic rings. The first-order chi connectivity index (χ1) is 10.9. The lowest BCUT2D eigenvalue weighted by molar-refractivity contribution is 0.0361. The minimum Gasteiger partial charge on any atom is -0.478 e. The Hall–Kier alpha value is -1.19. The molecule has 0 radical (unpaired) electrons. The highest BCUT2D eigenvalue weighted by atomic mass is 35.5. The van der Waals surface area contributed by atoms with E-state index in [0.29, 0.717) is 26.3 Å². The van der Waals surface area contributed by atoms with Crippen molar-refractivity contribution >= 4 is 28.4 Å². The fourth-order valence-electron chi connectivity index (χ4n) is 2.40. The molecule has 1 N–H and O–H groups in total. The predicted octanol–water partition coefficient (Wildman–Crippen LogP) is 0.900. The minimum absolute atomic E-state index is 0. The number of hydrogen-bond donors (Lipinski definition) is 1. The smallest absolute Gasteiger partial charge is 0.335 e. The molecule has 1 heterocycles. The van der Waals surface area contributed by atoms with E-state index in [1.807, 2.05) is 0 Å². The van der Waals surface area contributed by atoms with E-state index in [-0.39, 0.29) is 24.5 Å². The molecule has 1 aromatic carbocycles. The molecular formula is C15H23ClN2O5S. The van der Waals surface area contributed by atoms with Crippen LogP contribution < -0.4 is 0 Å². The molecule has 136 valence electrons. The molecule has 1 saturated heterocycles. The lowest BCUT2D eigenvalue weighted by atomic mass is 10.1. The summed E-state index contributed by atoms with van der Waals surface area (Å²) in [4.78, 5) is 13.0. The molecule has 0 spiro atoms. The van der Waals surface area contributed by atoms with Gasteiger partial charge in [0.2, 0.25) is 10.0 Å². The van der Waals surface area contributed by atoms with Gasteiger partial charge in [0.1, 0.15) is 0 Å². The molecule has 24 heavy (non-hydrogen) atoms. The van der Waals surface area contributed by atoms with Crippen molar-refractivity contribution in [1.29, 1.82) is 0 Å². The van der Waals surface area contributed by atoms with E-state index < -0.39 is 16.0 Å². The maximum absolute atomic E-state index is 12.0. The van der Waals surface area contributed by atoms with E-state index in [9.17, 15) is 13.2 Å². The summed E-state index contributed by atoms with van der Waals surface area (Å²) >= 11 is 0. The Morgan fingerprint density at radius 2 is 1.83 bits per heavy atom. The third-order valence-electron chi connectivity index (χ3n) is 3.80. The summed E-state index contributed by atoms with van der Waals surface area (Å²) in [5.41, 5.74) is 0.954. The van der Waals surface area contributed by atoms with Gasteiger partial charge < -0.3 is 9.84 Å². The van der Waals surface area contributed by atoms with Crippen LogP contribution in [0.5, 0.6) is 0 Å². The zero-order valence-corrected chi connectivity index (χ0v) is 15.2. The van der Waals surface area contributed by atoms with Gasteiger partial charge in [0, 0.05) is 32.7 Å². The fraction of sp³-hybridized carbons (Fsp3) is 0.533. The van der Waals surface area contributed by atoms with Crippen LogP contribution in [0.1, 0.15) is 15.9 Å². The van der Waals surface area contributed by atoms with Gasteiger partial charge in [-0.05, 0) is 17.7 Å². The van der Waals surface area contributed by atoms with Crippen molar-refractivity contribution in [3.05, 3.63) is 35.4 Å². The summed E-state index contributed by atoms with van der Waals surface area (Å²) in [6.07, 6.45) is 1.19. The molecule has 0 saturated carbocycles. The van der Waals surface area contributed by atoms with E-state index in [2.05, 4.69) is 4.90 Å². The number of ether oxygens (including phenoxy) is 1. The number of carboxylic acids is 1. The van der Waals surface area contributed by atoms with Crippen LogP contribution in [0.4, 0.5) is 0 Å². The summed E-state index contributed by atoms with van der Waals surface area (Å²) in [5, 5.41) is 8.89. The fourth-order valence-corrected chi connectivity index (χ4v) is 3.19. The molecule has 2 rings (SSSR count). The van der Waals surface area contributed by atoms with Crippen molar-refractivity contribution in [3.8, 4) is 0 Å². The van der Waals surface area contributed by atoms with Crippen molar-refractivity contribution < 1.29 is 23.1 Å². The van der Waals surface area contributed by atoms with Gasteiger partial charge in [-0.15, -0.1) is 12.4 Å². The largest absolute Gasteiger partial charge is 0.478 e. The summed E-state index contributed by atoms with van der Waals surface area (Å²) in [5.74, 6) is -0.996. The van der Waals surface area contributed by atoms with Gasteiger partial charge in [-0.3, -0.25) is 4.90 Å². The molecule has 9 heteroatoms. The Bertz CT molecular complexity index is 630. The van der Waals surface area contributed by atoms with E-state index >= 15 is 0 Å².